The van der Waals surface area contributed by atoms with Gasteiger partial charge in [0.25, 0.3) is 5.91 Å². The van der Waals surface area contributed by atoms with Crippen molar-refractivity contribution in [3.05, 3.63) is 54.5 Å². The first-order chi connectivity index (χ1) is 9.83. The molecular weight excluding hydrogens is 252 g/mol. The molecule has 0 fully saturated rings. The van der Waals surface area contributed by atoms with Gasteiger partial charge in [0, 0.05) is 36.4 Å². The lowest BCUT2D eigenvalue weighted by Gasteiger charge is -2.04. The van der Waals surface area contributed by atoms with Crippen molar-refractivity contribution >= 4 is 16.8 Å². The summed E-state index contributed by atoms with van der Waals surface area (Å²) >= 11 is 0. The van der Waals surface area contributed by atoms with E-state index in [2.05, 4.69) is 15.4 Å². The maximum absolute atomic E-state index is 12.0. The lowest BCUT2D eigenvalue weighted by molar-refractivity contribution is 0.0948. The van der Waals surface area contributed by atoms with Crippen LogP contribution in [0.25, 0.3) is 10.9 Å². The molecule has 1 amide bonds. The van der Waals surface area contributed by atoms with Gasteiger partial charge >= 0.3 is 0 Å². The van der Waals surface area contributed by atoms with Crippen LogP contribution in [0.1, 0.15) is 16.9 Å². The minimum absolute atomic E-state index is 0.0679. The Morgan fingerprint density at radius 2 is 2.20 bits per heavy atom. The Labute approximate surface area is 116 Å². The van der Waals surface area contributed by atoms with Crippen LogP contribution in [-0.2, 0) is 6.54 Å². The summed E-state index contributed by atoms with van der Waals surface area (Å²) < 4.78 is 1.86. The zero-order valence-corrected chi connectivity index (χ0v) is 11.0. The SMILES string of the molecule is O=C(NCCCn1cccn1)c1cc2ccccc2[nH]1. The van der Waals surface area contributed by atoms with Crippen LogP contribution in [0.4, 0.5) is 0 Å². The van der Waals surface area contributed by atoms with Crippen LogP contribution < -0.4 is 5.32 Å². The van der Waals surface area contributed by atoms with Gasteiger partial charge in [0.1, 0.15) is 5.69 Å². The van der Waals surface area contributed by atoms with E-state index in [1.165, 1.54) is 0 Å². The van der Waals surface area contributed by atoms with Gasteiger partial charge in [-0.05, 0) is 24.6 Å². The molecule has 1 aromatic carbocycles. The Balaban J connectivity index is 1.53. The van der Waals surface area contributed by atoms with Crippen LogP contribution in [0, 0.1) is 0 Å². The van der Waals surface area contributed by atoms with Gasteiger partial charge < -0.3 is 10.3 Å². The number of nitrogens with one attached hydrogen (secondary N) is 2. The van der Waals surface area contributed by atoms with E-state index in [4.69, 9.17) is 0 Å². The van der Waals surface area contributed by atoms with Gasteiger partial charge in [-0.3, -0.25) is 9.48 Å². The van der Waals surface area contributed by atoms with Crippen molar-refractivity contribution in [2.45, 2.75) is 13.0 Å². The molecule has 0 aliphatic heterocycles. The molecule has 5 nitrogen and oxygen atoms in total. The van der Waals surface area contributed by atoms with Crippen LogP contribution in [0.5, 0.6) is 0 Å². The number of nitrogens with zero attached hydrogens (tertiary/aromatic N) is 2. The van der Waals surface area contributed by atoms with Gasteiger partial charge in [0.05, 0.1) is 0 Å². The predicted octanol–water partition coefficient (Wildman–Crippen LogP) is 2.18. The Hall–Kier alpha value is -2.56. The number of aromatic nitrogens is 3. The van der Waals surface area contributed by atoms with Crippen molar-refractivity contribution in [2.75, 3.05) is 6.54 Å². The van der Waals surface area contributed by atoms with Crippen molar-refractivity contribution in [1.82, 2.24) is 20.1 Å². The van der Waals surface area contributed by atoms with Crippen molar-refractivity contribution in [2.24, 2.45) is 0 Å². The maximum atomic E-state index is 12.0. The van der Waals surface area contributed by atoms with Crippen molar-refractivity contribution in [3.63, 3.8) is 0 Å². The molecule has 0 saturated carbocycles. The number of carbonyl (C=O) groups excluding carboxylic acids is 1. The zero-order valence-electron chi connectivity index (χ0n) is 11.0. The second-order valence-corrected chi connectivity index (χ2v) is 4.65. The molecule has 20 heavy (non-hydrogen) atoms. The quantitative estimate of drug-likeness (QED) is 0.697. The minimum atomic E-state index is -0.0679. The summed E-state index contributed by atoms with van der Waals surface area (Å²) in [5.41, 5.74) is 1.58. The fourth-order valence-corrected chi connectivity index (χ4v) is 2.17. The standard InChI is InChI=1S/C15H16N4O/c20-15(16-7-3-9-19-10-4-8-17-19)14-11-12-5-1-2-6-13(12)18-14/h1-2,4-6,8,10-11,18H,3,7,9H2,(H,16,20). The molecule has 0 atom stereocenters. The summed E-state index contributed by atoms with van der Waals surface area (Å²) in [6.07, 6.45) is 4.52. The van der Waals surface area contributed by atoms with Gasteiger partial charge in [0.15, 0.2) is 0 Å². The number of para-hydroxylation sites is 1. The Morgan fingerprint density at radius 1 is 1.30 bits per heavy atom. The molecular formula is C15H16N4O. The van der Waals surface area contributed by atoms with E-state index >= 15 is 0 Å². The zero-order chi connectivity index (χ0) is 13.8. The van der Waals surface area contributed by atoms with E-state index in [1.807, 2.05) is 47.3 Å². The van der Waals surface area contributed by atoms with Gasteiger partial charge in [-0.25, -0.2) is 0 Å². The molecule has 0 spiro atoms. The van der Waals surface area contributed by atoms with E-state index in [1.54, 1.807) is 6.20 Å². The summed E-state index contributed by atoms with van der Waals surface area (Å²) in [5.74, 6) is -0.0679. The highest BCUT2D eigenvalue weighted by molar-refractivity contribution is 5.97. The summed E-state index contributed by atoms with van der Waals surface area (Å²) in [6, 6.07) is 11.6. The largest absolute Gasteiger partial charge is 0.351 e. The predicted molar refractivity (Wildman–Crippen MR) is 77.5 cm³/mol. The molecule has 5 heteroatoms. The highest BCUT2D eigenvalue weighted by Crippen LogP contribution is 2.14. The monoisotopic (exact) mass is 268 g/mol. The number of fused-ring (bicyclic) bond motifs is 1. The molecule has 0 bridgehead atoms. The molecule has 0 radical (unpaired) electrons. The number of amides is 1. The smallest absolute Gasteiger partial charge is 0.267 e. The number of aromatic amines is 1. The Kier molecular flexibility index (Phi) is 3.50. The van der Waals surface area contributed by atoms with Crippen LogP contribution >= 0.6 is 0 Å². The van der Waals surface area contributed by atoms with Crippen LogP contribution in [0.2, 0.25) is 0 Å². The van der Waals surface area contributed by atoms with E-state index in [0.29, 0.717) is 12.2 Å². The second kappa shape index (κ2) is 5.61. The molecule has 2 heterocycles. The normalized spacial score (nSPS) is 10.8. The summed E-state index contributed by atoms with van der Waals surface area (Å²) in [5, 5.41) is 8.08. The molecule has 3 rings (SSSR count). The van der Waals surface area contributed by atoms with Gasteiger partial charge in [-0.2, -0.15) is 5.10 Å². The Morgan fingerprint density at radius 3 is 3.00 bits per heavy atom. The van der Waals surface area contributed by atoms with Crippen LogP contribution in [0.15, 0.2) is 48.8 Å². The number of carbonyl (C=O) groups is 1. The molecule has 102 valence electrons. The van der Waals surface area contributed by atoms with E-state index in [0.717, 1.165) is 23.9 Å². The van der Waals surface area contributed by atoms with Gasteiger partial charge in [-0.15, -0.1) is 0 Å². The number of rotatable bonds is 5. The molecule has 0 saturated heterocycles. The first kappa shape index (κ1) is 12.5. The van der Waals surface area contributed by atoms with Gasteiger partial charge in [-0.1, -0.05) is 18.2 Å². The molecule has 3 aromatic rings. The molecule has 0 aliphatic rings. The molecule has 2 N–H and O–H groups in total. The number of hydrogen-bond acceptors (Lipinski definition) is 2. The first-order valence-corrected chi connectivity index (χ1v) is 6.66. The second-order valence-electron chi connectivity index (χ2n) is 4.65. The number of aryl methyl sites for hydroxylation is 1. The van der Waals surface area contributed by atoms with Crippen molar-refractivity contribution < 1.29 is 4.79 Å². The summed E-state index contributed by atoms with van der Waals surface area (Å²) in [6.45, 7) is 1.44. The topological polar surface area (TPSA) is 62.7 Å². The average Bonchev–Trinajstić information content (AvgIpc) is 3.12. The lowest BCUT2D eigenvalue weighted by atomic mass is 10.2. The Bertz CT molecular complexity index is 667. The van der Waals surface area contributed by atoms with Crippen molar-refractivity contribution in [1.29, 1.82) is 0 Å². The summed E-state index contributed by atoms with van der Waals surface area (Å²) in [4.78, 5) is 15.1. The maximum Gasteiger partial charge on any atom is 0.267 e. The molecule has 0 aliphatic carbocycles. The number of benzene rings is 1. The van der Waals surface area contributed by atoms with Crippen molar-refractivity contribution in [3.8, 4) is 0 Å². The lowest BCUT2D eigenvalue weighted by Crippen LogP contribution is -2.25. The first-order valence-electron chi connectivity index (χ1n) is 6.66. The fraction of sp³-hybridized carbons (Fsp3) is 0.200. The van der Waals surface area contributed by atoms with E-state index in [9.17, 15) is 4.79 Å². The van der Waals surface area contributed by atoms with E-state index < -0.39 is 0 Å². The molecule has 2 aromatic heterocycles. The minimum Gasteiger partial charge on any atom is -0.351 e. The molecule has 0 unspecified atom stereocenters. The fourth-order valence-electron chi connectivity index (χ4n) is 2.17. The van der Waals surface area contributed by atoms with Gasteiger partial charge in [0.2, 0.25) is 0 Å². The van der Waals surface area contributed by atoms with Crippen LogP contribution in [0.3, 0.4) is 0 Å². The number of hydrogen-bond donors (Lipinski definition) is 2. The average molecular weight is 268 g/mol. The number of H-pyrrole nitrogens is 1. The third kappa shape index (κ3) is 2.71. The van der Waals surface area contributed by atoms with E-state index in [-0.39, 0.29) is 5.91 Å². The van der Waals surface area contributed by atoms with Crippen LogP contribution in [-0.4, -0.2) is 27.2 Å². The third-order valence-electron chi connectivity index (χ3n) is 3.18. The summed E-state index contributed by atoms with van der Waals surface area (Å²) in [7, 11) is 0. The third-order valence-corrected chi connectivity index (χ3v) is 3.18. The highest BCUT2D eigenvalue weighted by Gasteiger charge is 2.08. The highest BCUT2D eigenvalue weighted by atomic mass is 16.1.